The monoisotopic (exact) mass is 266 g/mol. The Morgan fingerprint density at radius 3 is 2.58 bits per heavy atom. The molecule has 0 amide bonds. The Labute approximate surface area is 114 Å². The van der Waals surface area contributed by atoms with E-state index in [1.807, 2.05) is 0 Å². The van der Waals surface area contributed by atoms with Crippen molar-refractivity contribution in [1.82, 2.24) is 10.4 Å². The summed E-state index contributed by atoms with van der Waals surface area (Å²) in [5, 5.41) is 2.26. The third-order valence-electron chi connectivity index (χ3n) is 3.91. The topological polar surface area (TPSA) is 24.5 Å². The average Bonchev–Trinajstić information content (AvgIpc) is 2.39. The molecule has 0 radical (unpaired) electrons. The summed E-state index contributed by atoms with van der Waals surface area (Å²) in [5.41, 5.74) is 4.04. The summed E-state index contributed by atoms with van der Waals surface area (Å²) in [4.78, 5) is 0. The molecule has 0 bridgehead atoms. The fraction of sp³-hybridized carbons (Fsp3) is 0.600. The van der Waals surface area contributed by atoms with Crippen molar-refractivity contribution in [2.45, 2.75) is 51.7 Å². The van der Waals surface area contributed by atoms with Crippen LogP contribution in [0.25, 0.3) is 0 Å². The van der Waals surface area contributed by atoms with Crippen LogP contribution in [-0.2, 0) is 6.54 Å². The van der Waals surface area contributed by atoms with E-state index in [0.29, 0.717) is 29.9 Å². The minimum Gasteiger partial charge on any atom is -0.497 e. The van der Waals surface area contributed by atoms with Gasteiger partial charge < -0.3 is 4.74 Å². The lowest BCUT2D eigenvalue weighted by Gasteiger charge is -2.39. The van der Waals surface area contributed by atoms with Gasteiger partial charge in [0.15, 0.2) is 0 Å². The van der Waals surface area contributed by atoms with E-state index >= 15 is 0 Å². The second-order valence-electron chi connectivity index (χ2n) is 5.33. The third-order valence-corrected chi connectivity index (χ3v) is 3.91. The van der Waals surface area contributed by atoms with Gasteiger partial charge in [-0.2, -0.15) is 0 Å². The van der Waals surface area contributed by atoms with Gasteiger partial charge in [-0.05, 0) is 32.8 Å². The fourth-order valence-corrected chi connectivity index (χ4v) is 2.71. The molecule has 1 aliphatic rings. The van der Waals surface area contributed by atoms with Crippen LogP contribution in [0.15, 0.2) is 18.2 Å². The van der Waals surface area contributed by atoms with Gasteiger partial charge in [0.2, 0.25) is 0 Å². The number of benzene rings is 1. The van der Waals surface area contributed by atoms with E-state index in [4.69, 9.17) is 4.74 Å². The molecule has 0 spiro atoms. The lowest BCUT2D eigenvalue weighted by atomic mass is 10.00. The molecule has 2 rings (SSSR count). The summed E-state index contributed by atoms with van der Waals surface area (Å²) in [7, 11) is 1.55. The highest BCUT2D eigenvalue weighted by molar-refractivity contribution is 5.28. The molecule has 1 N–H and O–H groups in total. The van der Waals surface area contributed by atoms with Crippen LogP contribution in [-0.4, -0.2) is 24.2 Å². The van der Waals surface area contributed by atoms with Crippen LogP contribution in [0, 0.1) is 5.82 Å². The number of nitrogens with one attached hydrogen (secondary N) is 1. The number of hydrogen-bond donors (Lipinski definition) is 1. The van der Waals surface area contributed by atoms with Gasteiger partial charge in [-0.15, -0.1) is 0 Å². The summed E-state index contributed by atoms with van der Waals surface area (Å²) in [6.07, 6.45) is 3.67. The minimum atomic E-state index is -0.218. The maximum atomic E-state index is 13.8. The molecule has 1 fully saturated rings. The van der Waals surface area contributed by atoms with E-state index in [2.05, 4.69) is 24.3 Å². The number of piperidine rings is 1. The first-order chi connectivity index (χ1) is 9.11. The Kier molecular flexibility index (Phi) is 4.77. The molecule has 0 saturated carbocycles. The smallest absolute Gasteiger partial charge is 0.131 e. The number of halogens is 1. The van der Waals surface area contributed by atoms with Crippen molar-refractivity contribution in [3.63, 3.8) is 0 Å². The highest BCUT2D eigenvalue weighted by Crippen LogP contribution is 2.21. The number of hydrogen-bond acceptors (Lipinski definition) is 3. The molecule has 2 atom stereocenters. The van der Waals surface area contributed by atoms with E-state index in [-0.39, 0.29) is 5.82 Å². The standard InChI is InChI=1S/C15H23FN2O/c1-11-5-4-6-12(2)18(11)17-10-13-7-8-14(19-3)9-15(13)16/h7-9,11-12,17H,4-6,10H2,1-3H3. The Hall–Kier alpha value is -1.13. The summed E-state index contributed by atoms with van der Waals surface area (Å²) < 4.78 is 18.9. The van der Waals surface area contributed by atoms with Gasteiger partial charge in [0, 0.05) is 30.3 Å². The van der Waals surface area contributed by atoms with Gasteiger partial charge in [-0.25, -0.2) is 9.40 Å². The normalized spacial score (nSPS) is 24.4. The van der Waals surface area contributed by atoms with Crippen LogP contribution in [0.1, 0.15) is 38.7 Å². The van der Waals surface area contributed by atoms with Crippen molar-refractivity contribution >= 4 is 0 Å². The molecule has 19 heavy (non-hydrogen) atoms. The van der Waals surface area contributed by atoms with Crippen LogP contribution in [0.4, 0.5) is 4.39 Å². The third kappa shape index (κ3) is 3.45. The maximum Gasteiger partial charge on any atom is 0.131 e. The quantitative estimate of drug-likeness (QED) is 0.906. The van der Waals surface area contributed by atoms with Gasteiger partial charge in [-0.1, -0.05) is 12.5 Å². The number of rotatable bonds is 4. The number of nitrogens with zero attached hydrogens (tertiary/aromatic N) is 1. The molecule has 0 aromatic heterocycles. The predicted octanol–water partition coefficient (Wildman–Crippen LogP) is 3.10. The molecule has 1 aromatic rings. The van der Waals surface area contributed by atoms with Gasteiger partial charge in [0.05, 0.1) is 7.11 Å². The van der Waals surface area contributed by atoms with E-state index in [1.165, 1.54) is 25.3 Å². The highest BCUT2D eigenvalue weighted by Gasteiger charge is 2.24. The van der Waals surface area contributed by atoms with Crippen LogP contribution in [0.5, 0.6) is 5.75 Å². The molecular weight excluding hydrogens is 243 g/mol. The largest absolute Gasteiger partial charge is 0.497 e. The predicted molar refractivity (Wildman–Crippen MR) is 74.4 cm³/mol. The van der Waals surface area contributed by atoms with Crippen molar-refractivity contribution in [1.29, 1.82) is 0 Å². The van der Waals surface area contributed by atoms with E-state index < -0.39 is 0 Å². The highest BCUT2D eigenvalue weighted by atomic mass is 19.1. The number of methoxy groups -OCH3 is 1. The zero-order valence-corrected chi connectivity index (χ0v) is 11.9. The Balaban J connectivity index is 1.98. The van der Waals surface area contributed by atoms with Crippen molar-refractivity contribution in [3.8, 4) is 5.75 Å². The average molecular weight is 266 g/mol. The lowest BCUT2D eigenvalue weighted by Crippen LogP contribution is -2.51. The molecule has 1 aromatic carbocycles. The molecule has 1 saturated heterocycles. The van der Waals surface area contributed by atoms with Gasteiger partial charge in [0.25, 0.3) is 0 Å². The molecule has 3 nitrogen and oxygen atoms in total. The number of hydrazine groups is 1. The van der Waals surface area contributed by atoms with Crippen molar-refractivity contribution in [3.05, 3.63) is 29.6 Å². The first-order valence-electron chi connectivity index (χ1n) is 6.96. The van der Waals surface area contributed by atoms with Crippen molar-refractivity contribution in [2.75, 3.05) is 7.11 Å². The van der Waals surface area contributed by atoms with Gasteiger partial charge >= 0.3 is 0 Å². The van der Waals surface area contributed by atoms with Crippen molar-refractivity contribution < 1.29 is 9.13 Å². The zero-order valence-electron chi connectivity index (χ0n) is 11.9. The van der Waals surface area contributed by atoms with Crippen LogP contribution >= 0.6 is 0 Å². The lowest BCUT2D eigenvalue weighted by molar-refractivity contribution is 0.0431. The van der Waals surface area contributed by atoms with Gasteiger partial charge in [0.1, 0.15) is 11.6 Å². The maximum absolute atomic E-state index is 13.8. The molecule has 2 unspecified atom stereocenters. The Morgan fingerprint density at radius 1 is 1.32 bits per heavy atom. The molecule has 1 aliphatic heterocycles. The molecule has 0 aliphatic carbocycles. The summed E-state index contributed by atoms with van der Waals surface area (Å²) in [6, 6.07) is 6.01. The first-order valence-corrected chi connectivity index (χ1v) is 6.96. The summed E-state index contributed by atoms with van der Waals surface area (Å²) >= 11 is 0. The molecule has 1 heterocycles. The van der Waals surface area contributed by atoms with E-state index in [1.54, 1.807) is 19.2 Å². The number of ether oxygens (including phenoxy) is 1. The van der Waals surface area contributed by atoms with Crippen LogP contribution < -0.4 is 10.2 Å². The van der Waals surface area contributed by atoms with Gasteiger partial charge in [-0.3, -0.25) is 5.43 Å². The van der Waals surface area contributed by atoms with Crippen molar-refractivity contribution in [2.24, 2.45) is 0 Å². The Bertz CT molecular complexity index is 415. The summed E-state index contributed by atoms with van der Waals surface area (Å²) in [6.45, 7) is 4.95. The first kappa shape index (κ1) is 14.3. The SMILES string of the molecule is COc1ccc(CNN2C(C)CCCC2C)c(F)c1. The van der Waals surface area contributed by atoms with Crippen LogP contribution in [0.2, 0.25) is 0 Å². The molecular formula is C15H23FN2O. The molecule has 4 heteroatoms. The van der Waals surface area contributed by atoms with E-state index in [0.717, 1.165) is 0 Å². The Morgan fingerprint density at radius 2 is 2.00 bits per heavy atom. The van der Waals surface area contributed by atoms with E-state index in [9.17, 15) is 4.39 Å². The van der Waals surface area contributed by atoms with Crippen LogP contribution in [0.3, 0.4) is 0 Å². The zero-order chi connectivity index (χ0) is 13.8. The molecule has 106 valence electrons. The summed E-state index contributed by atoms with van der Waals surface area (Å²) in [5.74, 6) is 0.338. The second-order valence-corrected chi connectivity index (χ2v) is 5.33. The minimum absolute atomic E-state index is 0.218. The fourth-order valence-electron chi connectivity index (χ4n) is 2.71. The second kappa shape index (κ2) is 6.35.